The van der Waals surface area contributed by atoms with Crippen LogP contribution in [0.4, 0.5) is 0 Å². The summed E-state index contributed by atoms with van der Waals surface area (Å²) in [4.78, 5) is 0. The molecule has 2 rings (SSSR count). The zero-order valence-corrected chi connectivity index (χ0v) is 12.5. The molecule has 2 atom stereocenters. The molecule has 2 aliphatic rings. The molecule has 106 valence electrons. The van der Waals surface area contributed by atoms with Gasteiger partial charge in [-0.3, -0.25) is 0 Å². The lowest BCUT2D eigenvalue weighted by molar-refractivity contribution is -0.132. The lowest BCUT2D eigenvalue weighted by Crippen LogP contribution is -2.47. The number of hydrogen-bond donors (Lipinski definition) is 1. The lowest BCUT2D eigenvalue weighted by Gasteiger charge is -2.43. The summed E-state index contributed by atoms with van der Waals surface area (Å²) < 4.78 is 6.53. The lowest BCUT2D eigenvalue weighted by atomic mass is 9.78. The first kappa shape index (κ1) is 14.3. The molecule has 2 unspecified atom stereocenters. The van der Waals surface area contributed by atoms with Crippen LogP contribution in [0.25, 0.3) is 0 Å². The van der Waals surface area contributed by atoms with Crippen LogP contribution in [0.1, 0.15) is 65.7 Å². The number of nitrogens with two attached hydrogens (primary N) is 1. The van der Waals surface area contributed by atoms with E-state index in [4.69, 9.17) is 10.5 Å². The van der Waals surface area contributed by atoms with Crippen LogP contribution in [0, 0.1) is 17.8 Å². The first-order chi connectivity index (χ1) is 8.53. The first-order valence-electron chi connectivity index (χ1n) is 7.91. The Hall–Kier alpha value is -0.0800. The van der Waals surface area contributed by atoms with Crippen molar-refractivity contribution in [1.29, 1.82) is 0 Å². The highest BCUT2D eigenvalue weighted by molar-refractivity contribution is 4.89. The molecule has 2 N–H and O–H groups in total. The zero-order valence-electron chi connectivity index (χ0n) is 12.5. The van der Waals surface area contributed by atoms with Crippen LogP contribution >= 0.6 is 0 Å². The van der Waals surface area contributed by atoms with Crippen molar-refractivity contribution in [2.75, 3.05) is 6.54 Å². The number of ether oxygens (including phenoxy) is 1. The van der Waals surface area contributed by atoms with Gasteiger partial charge in [0, 0.05) is 6.54 Å². The highest BCUT2D eigenvalue weighted by Gasteiger charge is 2.37. The first-order valence-corrected chi connectivity index (χ1v) is 7.91. The van der Waals surface area contributed by atoms with Gasteiger partial charge >= 0.3 is 0 Å². The van der Waals surface area contributed by atoms with Gasteiger partial charge in [-0.15, -0.1) is 0 Å². The summed E-state index contributed by atoms with van der Waals surface area (Å²) in [5.41, 5.74) is 6.05. The third kappa shape index (κ3) is 3.48. The Morgan fingerprint density at radius 1 is 0.944 bits per heavy atom. The molecule has 0 aromatic rings. The van der Waals surface area contributed by atoms with Gasteiger partial charge in [-0.2, -0.15) is 0 Å². The van der Waals surface area contributed by atoms with Crippen LogP contribution in [-0.4, -0.2) is 18.2 Å². The van der Waals surface area contributed by atoms with Gasteiger partial charge in [0.05, 0.1) is 11.7 Å². The summed E-state index contributed by atoms with van der Waals surface area (Å²) in [6.07, 6.45) is 9.22. The maximum atomic E-state index is 6.53. The predicted octanol–water partition coefficient (Wildman–Crippen LogP) is 3.74. The minimum absolute atomic E-state index is 0.00789. The molecule has 0 aromatic carbocycles. The highest BCUT2D eigenvalue weighted by Crippen LogP contribution is 2.39. The standard InChI is InChI=1S/C16H31NO/c1-12-4-6-16(11-17,7-5-12)18-15-9-13(2)8-14(3)10-15/h12-15H,4-11,17H2,1-3H3. The Balaban J connectivity index is 1.93. The van der Waals surface area contributed by atoms with Crippen molar-refractivity contribution in [3.8, 4) is 0 Å². The Morgan fingerprint density at radius 3 is 2.00 bits per heavy atom. The maximum Gasteiger partial charge on any atom is 0.0808 e. The van der Waals surface area contributed by atoms with E-state index in [1.54, 1.807) is 0 Å². The maximum absolute atomic E-state index is 6.53. The minimum atomic E-state index is 0.00789. The summed E-state index contributed by atoms with van der Waals surface area (Å²) in [6.45, 7) is 7.79. The molecule has 0 aromatic heterocycles. The molecule has 0 saturated heterocycles. The van der Waals surface area contributed by atoms with Crippen molar-refractivity contribution in [2.24, 2.45) is 23.5 Å². The molecular weight excluding hydrogens is 222 g/mol. The summed E-state index contributed by atoms with van der Waals surface area (Å²) >= 11 is 0. The molecule has 0 radical (unpaired) electrons. The van der Waals surface area contributed by atoms with Crippen LogP contribution < -0.4 is 5.73 Å². The minimum Gasteiger partial charge on any atom is -0.370 e. The zero-order chi connectivity index (χ0) is 13.2. The van der Waals surface area contributed by atoms with Gasteiger partial charge in [0.15, 0.2) is 0 Å². The molecule has 0 spiro atoms. The van der Waals surface area contributed by atoms with Crippen molar-refractivity contribution in [2.45, 2.75) is 77.4 Å². The fraction of sp³-hybridized carbons (Fsp3) is 1.00. The Morgan fingerprint density at radius 2 is 1.50 bits per heavy atom. The Bertz CT molecular complexity index is 248. The smallest absolute Gasteiger partial charge is 0.0808 e. The molecule has 0 bridgehead atoms. The molecule has 18 heavy (non-hydrogen) atoms. The number of rotatable bonds is 3. The average Bonchev–Trinajstić information content (AvgIpc) is 2.31. The molecule has 2 fully saturated rings. The van der Waals surface area contributed by atoms with E-state index < -0.39 is 0 Å². The normalized spacial score (nSPS) is 46.0. The molecule has 0 heterocycles. The van der Waals surface area contributed by atoms with Gasteiger partial charge < -0.3 is 10.5 Å². The van der Waals surface area contributed by atoms with Gasteiger partial charge in [0.1, 0.15) is 0 Å². The second-order valence-electron chi connectivity index (χ2n) is 7.23. The van der Waals surface area contributed by atoms with Crippen LogP contribution in [0.15, 0.2) is 0 Å². The average molecular weight is 253 g/mol. The van der Waals surface area contributed by atoms with Crippen molar-refractivity contribution in [3.05, 3.63) is 0 Å². The second-order valence-corrected chi connectivity index (χ2v) is 7.23. The molecule has 2 nitrogen and oxygen atoms in total. The van der Waals surface area contributed by atoms with E-state index in [0.29, 0.717) is 12.6 Å². The molecule has 0 aliphatic heterocycles. The number of hydrogen-bond acceptors (Lipinski definition) is 2. The highest BCUT2D eigenvalue weighted by atomic mass is 16.5. The summed E-state index contributed by atoms with van der Waals surface area (Å²) in [5.74, 6) is 2.49. The molecule has 2 aliphatic carbocycles. The van der Waals surface area contributed by atoms with Crippen molar-refractivity contribution >= 4 is 0 Å². The van der Waals surface area contributed by atoms with Gasteiger partial charge in [-0.25, -0.2) is 0 Å². The third-order valence-corrected chi connectivity index (χ3v) is 5.11. The van der Waals surface area contributed by atoms with E-state index in [2.05, 4.69) is 20.8 Å². The third-order valence-electron chi connectivity index (χ3n) is 5.11. The summed E-state index contributed by atoms with van der Waals surface area (Å²) in [5, 5.41) is 0. The molecule has 2 heteroatoms. The van der Waals surface area contributed by atoms with E-state index in [-0.39, 0.29) is 5.60 Å². The largest absolute Gasteiger partial charge is 0.370 e. The van der Waals surface area contributed by atoms with Crippen molar-refractivity contribution in [1.82, 2.24) is 0 Å². The van der Waals surface area contributed by atoms with Gasteiger partial charge in [0.25, 0.3) is 0 Å². The molecule has 0 amide bonds. The monoisotopic (exact) mass is 253 g/mol. The van der Waals surface area contributed by atoms with Gasteiger partial charge in [0.2, 0.25) is 0 Å². The van der Waals surface area contributed by atoms with E-state index in [0.717, 1.165) is 17.8 Å². The van der Waals surface area contributed by atoms with Gasteiger partial charge in [-0.1, -0.05) is 20.8 Å². The fourth-order valence-electron chi connectivity index (χ4n) is 3.98. The molecular formula is C16H31NO. The predicted molar refractivity (Wildman–Crippen MR) is 76.5 cm³/mol. The van der Waals surface area contributed by atoms with Crippen LogP contribution in [0.3, 0.4) is 0 Å². The quantitative estimate of drug-likeness (QED) is 0.831. The Labute approximate surface area is 113 Å². The SMILES string of the molecule is CC1CCC(CN)(OC2CC(C)CC(C)C2)CC1. The van der Waals surface area contributed by atoms with Gasteiger partial charge in [-0.05, 0) is 62.7 Å². The Kier molecular flexibility index (Phi) is 4.71. The summed E-state index contributed by atoms with van der Waals surface area (Å²) in [6, 6.07) is 0. The topological polar surface area (TPSA) is 35.2 Å². The van der Waals surface area contributed by atoms with E-state index in [1.807, 2.05) is 0 Å². The van der Waals surface area contributed by atoms with Crippen LogP contribution in [0.2, 0.25) is 0 Å². The van der Waals surface area contributed by atoms with Crippen molar-refractivity contribution in [3.63, 3.8) is 0 Å². The van der Waals surface area contributed by atoms with E-state index in [1.165, 1.54) is 44.9 Å². The summed E-state index contributed by atoms with van der Waals surface area (Å²) in [7, 11) is 0. The van der Waals surface area contributed by atoms with Crippen LogP contribution in [-0.2, 0) is 4.74 Å². The van der Waals surface area contributed by atoms with Crippen molar-refractivity contribution < 1.29 is 4.74 Å². The molecule has 2 saturated carbocycles. The second kappa shape index (κ2) is 5.92. The van der Waals surface area contributed by atoms with E-state index >= 15 is 0 Å². The van der Waals surface area contributed by atoms with Crippen LogP contribution in [0.5, 0.6) is 0 Å². The van der Waals surface area contributed by atoms with E-state index in [9.17, 15) is 0 Å². The fourth-order valence-corrected chi connectivity index (χ4v) is 3.98.